The van der Waals surface area contributed by atoms with E-state index in [-0.39, 0.29) is 16.6 Å². The average molecular weight is 239 g/mol. The van der Waals surface area contributed by atoms with Crippen LogP contribution in [0.2, 0.25) is 5.15 Å². The fourth-order valence-corrected chi connectivity index (χ4v) is 2.52. The van der Waals surface area contributed by atoms with Crippen LogP contribution in [0.5, 0.6) is 0 Å². The van der Waals surface area contributed by atoms with Gasteiger partial charge in [-0.05, 0) is 24.8 Å². The van der Waals surface area contributed by atoms with Gasteiger partial charge < -0.3 is 9.88 Å². The number of pyridine rings is 1. The number of carbonyl (C=O) groups is 1. The molecular weight excluding hydrogens is 228 g/mol. The van der Waals surface area contributed by atoms with Gasteiger partial charge >= 0.3 is 0 Å². The molecule has 1 aromatic heterocycles. The lowest BCUT2D eigenvalue weighted by Crippen LogP contribution is -2.40. The first kappa shape index (κ1) is 9.90. The van der Waals surface area contributed by atoms with Gasteiger partial charge in [-0.1, -0.05) is 11.6 Å². The number of fused-ring (bicyclic) bond motifs is 1. The Hall–Kier alpha value is -1.29. The molecule has 1 N–H and O–H groups in total. The number of rotatable bonds is 1. The first-order valence-electron chi connectivity index (χ1n) is 5.39. The van der Waals surface area contributed by atoms with Gasteiger partial charge in [0.05, 0.1) is 5.56 Å². The van der Waals surface area contributed by atoms with E-state index >= 15 is 0 Å². The first-order chi connectivity index (χ1) is 7.66. The summed E-state index contributed by atoms with van der Waals surface area (Å²) >= 11 is 5.93. The number of hydrogen-bond acceptors (Lipinski definition) is 2. The summed E-state index contributed by atoms with van der Waals surface area (Å²) < 4.78 is 0. The van der Waals surface area contributed by atoms with Crippen molar-refractivity contribution in [3.63, 3.8) is 0 Å². The topological polar surface area (TPSA) is 53.2 Å². The minimum Gasteiger partial charge on any atom is -0.335 e. The fraction of sp³-hybridized carbons (Fsp3) is 0.455. The molecule has 0 aromatic carbocycles. The van der Waals surface area contributed by atoms with Gasteiger partial charge in [-0.15, -0.1) is 0 Å². The van der Waals surface area contributed by atoms with E-state index < -0.39 is 0 Å². The molecule has 1 fully saturated rings. The molecule has 0 atom stereocenters. The Balaban J connectivity index is 2.08. The molecule has 0 unspecified atom stereocenters. The molecule has 2 aliphatic rings. The van der Waals surface area contributed by atoms with Gasteiger partial charge in [-0.3, -0.25) is 9.59 Å². The molecule has 16 heavy (non-hydrogen) atoms. The lowest BCUT2D eigenvalue weighted by Gasteiger charge is -2.28. The molecule has 3 rings (SSSR count). The van der Waals surface area contributed by atoms with Crippen LogP contribution in [0.3, 0.4) is 0 Å². The highest BCUT2D eigenvalue weighted by Gasteiger charge is 2.37. The number of carbonyl (C=O) groups excluding carboxylic acids is 1. The van der Waals surface area contributed by atoms with E-state index in [1.54, 1.807) is 0 Å². The molecule has 5 heteroatoms. The summed E-state index contributed by atoms with van der Waals surface area (Å²) in [6.45, 7) is 0.705. The largest absolute Gasteiger partial charge is 0.335 e. The van der Waals surface area contributed by atoms with Crippen LogP contribution in [-0.2, 0) is 6.42 Å². The van der Waals surface area contributed by atoms with Crippen LogP contribution in [-0.4, -0.2) is 28.4 Å². The zero-order valence-corrected chi connectivity index (χ0v) is 9.38. The van der Waals surface area contributed by atoms with Gasteiger partial charge in [0.1, 0.15) is 5.15 Å². The second-order valence-electron chi connectivity index (χ2n) is 4.33. The molecule has 0 spiro atoms. The van der Waals surface area contributed by atoms with Crippen molar-refractivity contribution in [1.82, 2.24) is 9.88 Å². The molecular formula is C11H11ClN2O2. The normalized spacial score (nSPS) is 19.8. The molecule has 0 radical (unpaired) electrons. The maximum Gasteiger partial charge on any atom is 0.257 e. The van der Waals surface area contributed by atoms with Crippen molar-refractivity contribution >= 4 is 17.5 Å². The Kier molecular flexibility index (Phi) is 2.07. The Bertz CT molecular complexity index is 519. The third kappa shape index (κ3) is 1.45. The molecule has 1 amide bonds. The Labute approximate surface area is 97.2 Å². The number of halogens is 1. The number of amides is 1. The molecule has 4 nitrogen and oxygen atoms in total. The van der Waals surface area contributed by atoms with E-state index in [9.17, 15) is 9.59 Å². The third-order valence-corrected chi connectivity index (χ3v) is 3.45. The second-order valence-corrected chi connectivity index (χ2v) is 4.71. The van der Waals surface area contributed by atoms with Crippen LogP contribution >= 0.6 is 11.6 Å². The van der Waals surface area contributed by atoms with Gasteiger partial charge in [0.2, 0.25) is 5.56 Å². The van der Waals surface area contributed by atoms with Gasteiger partial charge in [-0.25, -0.2) is 0 Å². The van der Waals surface area contributed by atoms with Gasteiger partial charge in [0.25, 0.3) is 5.91 Å². The van der Waals surface area contributed by atoms with Crippen molar-refractivity contribution in [2.45, 2.75) is 25.3 Å². The zero-order chi connectivity index (χ0) is 11.3. The van der Waals surface area contributed by atoms with Crippen molar-refractivity contribution in [2.75, 3.05) is 6.54 Å². The van der Waals surface area contributed by atoms with E-state index in [0.717, 1.165) is 24.8 Å². The van der Waals surface area contributed by atoms with E-state index in [1.165, 1.54) is 6.07 Å². The Morgan fingerprint density at radius 3 is 2.81 bits per heavy atom. The van der Waals surface area contributed by atoms with Gasteiger partial charge in [0, 0.05) is 18.7 Å². The number of hydrogen-bond donors (Lipinski definition) is 1. The van der Waals surface area contributed by atoms with Gasteiger partial charge in [-0.2, -0.15) is 0 Å². The van der Waals surface area contributed by atoms with Crippen LogP contribution in [0.4, 0.5) is 0 Å². The fourth-order valence-electron chi connectivity index (χ4n) is 2.23. The predicted octanol–water partition coefficient (Wildman–Crippen LogP) is 1.19. The number of nitrogens with zero attached hydrogens (tertiary/aromatic N) is 1. The molecule has 1 aromatic rings. The molecule has 1 aliphatic heterocycles. The molecule has 2 heterocycles. The third-order valence-electron chi connectivity index (χ3n) is 3.16. The van der Waals surface area contributed by atoms with Crippen LogP contribution in [0.1, 0.15) is 28.8 Å². The Morgan fingerprint density at radius 2 is 2.12 bits per heavy atom. The second kappa shape index (κ2) is 3.35. The van der Waals surface area contributed by atoms with Crippen molar-refractivity contribution in [1.29, 1.82) is 0 Å². The van der Waals surface area contributed by atoms with E-state index in [4.69, 9.17) is 11.6 Å². The maximum absolute atomic E-state index is 12.1. The molecule has 0 saturated heterocycles. The number of aromatic amines is 1. The highest BCUT2D eigenvalue weighted by Crippen LogP contribution is 2.32. The van der Waals surface area contributed by atoms with Crippen molar-refractivity contribution in [3.8, 4) is 0 Å². The minimum atomic E-state index is -0.239. The van der Waals surface area contributed by atoms with Crippen molar-refractivity contribution in [3.05, 3.63) is 32.7 Å². The van der Waals surface area contributed by atoms with Crippen molar-refractivity contribution in [2.24, 2.45) is 0 Å². The lowest BCUT2D eigenvalue weighted by atomic mass is 10.0. The smallest absolute Gasteiger partial charge is 0.257 e. The first-order valence-corrected chi connectivity index (χ1v) is 5.77. The van der Waals surface area contributed by atoms with Crippen molar-refractivity contribution < 1.29 is 4.79 Å². The summed E-state index contributed by atoms with van der Waals surface area (Å²) in [5, 5.41) is 0.179. The molecule has 0 bridgehead atoms. The van der Waals surface area contributed by atoms with Gasteiger partial charge in [0.15, 0.2) is 0 Å². The van der Waals surface area contributed by atoms with Crippen LogP contribution in [0.15, 0.2) is 10.9 Å². The van der Waals surface area contributed by atoms with Crippen LogP contribution in [0, 0.1) is 0 Å². The summed E-state index contributed by atoms with van der Waals surface area (Å²) in [5.41, 5.74) is 1.02. The molecule has 1 saturated carbocycles. The van der Waals surface area contributed by atoms with Crippen LogP contribution in [0.25, 0.3) is 0 Å². The SMILES string of the molecule is O=C1c2c(cc(=O)[nH]c2Cl)CCN1C1CC1. The average Bonchev–Trinajstić information content (AvgIpc) is 3.00. The quantitative estimate of drug-likeness (QED) is 0.748. The highest BCUT2D eigenvalue weighted by molar-refractivity contribution is 6.32. The minimum absolute atomic E-state index is 0.0370. The zero-order valence-electron chi connectivity index (χ0n) is 8.62. The summed E-state index contributed by atoms with van der Waals surface area (Å²) in [4.78, 5) is 27.7. The lowest BCUT2D eigenvalue weighted by molar-refractivity contribution is 0.0726. The predicted molar refractivity (Wildman–Crippen MR) is 59.8 cm³/mol. The molecule has 1 aliphatic carbocycles. The summed E-state index contributed by atoms with van der Waals surface area (Å²) in [7, 11) is 0. The summed E-state index contributed by atoms with van der Waals surface area (Å²) in [5.74, 6) is -0.0370. The van der Waals surface area contributed by atoms with Crippen LogP contribution < -0.4 is 5.56 Å². The highest BCUT2D eigenvalue weighted by atomic mass is 35.5. The van der Waals surface area contributed by atoms with E-state index in [1.807, 2.05) is 4.90 Å². The molecule has 84 valence electrons. The van der Waals surface area contributed by atoms with E-state index in [0.29, 0.717) is 18.2 Å². The number of aromatic nitrogens is 1. The number of H-pyrrole nitrogens is 1. The standard InChI is InChI=1S/C11H11ClN2O2/c12-10-9-6(5-8(15)13-10)3-4-14(11(9)16)7-1-2-7/h5,7H,1-4H2,(H,13,15). The maximum atomic E-state index is 12.1. The monoisotopic (exact) mass is 238 g/mol. The summed E-state index contributed by atoms with van der Waals surface area (Å²) in [6, 6.07) is 1.87. The Morgan fingerprint density at radius 1 is 1.38 bits per heavy atom. The number of nitrogens with one attached hydrogen (secondary N) is 1. The van der Waals surface area contributed by atoms with E-state index in [2.05, 4.69) is 4.98 Å². The summed E-state index contributed by atoms with van der Waals surface area (Å²) in [6.07, 6.45) is 2.89.